The van der Waals surface area contributed by atoms with Crippen molar-refractivity contribution < 1.29 is 14.3 Å². The van der Waals surface area contributed by atoms with Crippen molar-refractivity contribution in [2.75, 3.05) is 51.3 Å². The number of hydrogen-bond acceptors (Lipinski definition) is 4. The minimum atomic E-state index is -0.266. The minimum Gasteiger partial charge on any atom is -0.449 e. The molecule has 2 aliphatic heterocycles. The van der Waals surface area contributed by atoms with E-state index in [1.807, 2.05) is 80.1 Å². The molecule has 1 unspecified atom stereocenters. The zero-order chi connectivity index (χ0) is 30.7. The van der Waals surface area contributed by atoms with Crippen LogP contribution in [0.15, 0.2) is 60.7 Å². The second kappa shape index (κ2) is 13.3. The highest BCUT2D eigenvalue weighted by molar-refractivity contribution is 6.42. The van der Waals surface area contributed by atoms with E-state index in [2.05, 4.69) is 23.1 Å². The van der Waals surface area contributed by atoms with E-state index in [-0.39, 0.29) is 23.3 Å². The number of nitrogens with zero attached hydrogens (tertiary/aromatic N) is 3. The van der Waals surface area contributed by atoms with Gasteiger partial charge in [-0.25, -0.2) is 4.79 Å². The van der Waals surface area contributed by atoms with E-state index >= 15 is 0 Å². The first kappa shape index (κ1) is 31.4. The molecule has 1 saturated heterocycles. The number of para-hydroxylation sites is 1. The van der Waals surface area contributed by atoms with Crippen molar-refractivity contribution >= 4 is 40.9 Å². The Hall–Kier alpha value is -3.06. The van der Waals surface area contributed by atoms with Crippen molar-refractivity contribution in [3.63, 3.8) is 0 Å². The number of piperidine rings is 1. The summed E-state index contributed by atoms with van der Waals surface area (Å²) in [6.07, 6.45) is 2.56. The highest BCUT2D eigenvalue weighted by Crippen LogP contribution is 2.47. The van der Waals surface area contributed by atoms with Gasteiger partial charge in [0, 0.05) is 37.0 Å². The standard InChI is InChI=1S/C35H41Cl2N3O3/c1-5-43-34(42)40-23-35(29-8-6-7-9-32(29)40)13-16-39(17-14-35)15-12-27(26-10-11-30(36)31(37)21-26)22-38(4)33(41)28-19-24(2)18-25(3)20-28/h6-11,18-21,27H,5,12-17,22-23H2,1-4H3. The van der Waals surface area contributed by atoms with Crippen molar-refractivity contribution in [2.24, 2.45) is 0 Å². The van der Waals surface area contributed by atoms with Gasteiger partial charge in [0.2, 0.25) is 0 Å². The monoisotopic (exact) mass is 621 g/mol. The first-order valence-electron chi connectivity index (χ1n) is 15.1. The first-order valence-corrected chi connectivity index (χ1v) is 15.9. The SMILES string of the molecule is CCOC(=O)N1CC2(CCN(CCC(CN(C)C(=O)c3cc(C)cc(C)c3)c3ccc(Cl)c(Cl)c3)CC2)c2ccccc21. The molecule has 3 aromatic carbocycles. The number of ether oxygens (including phenoxy) is 1. The van der Waals surface area contributed by atoms with Crippen LogP contribution in [0.2, 0.25) is 10.0 Å². The number of benzene rings is 3. The van der Waals surface area contributed by atoms with Gasteiger partial charge in [-0.3, -0.25) is 9.69 Å². The lowest BCUT2D eigenvalue weighted by molar-refractivity contribution is 0.0780. The number of rotatable bonds is 8. The number of likely N-dealkylation sites (tertiary alicyclic amines) is 1. The van der Waals surface area contributed by atoms with Crippen LogP contribution in [0.1, 0.15) is 64.7 Å². The first-order chi connectivity index (χ1) is 20.6. The van der Waals surface area contributed by atoms with Crippen LogP contribution in [-0.2, 0) is 10.2 Å². The lowest BCUT2D eigenvalue weighted by Crippen LogP contribution is -2.46. The summed E-state index contributed by atoms with van der Waals surface area (Å²) in [4.78, 5) is 32.4. The topological polar surface area (TPSA) is 53.1 Å². The summed E-state index contributed by atoms with van der Waals surface area (Å²) < 4.78 is 5.38. The van der Waals surface area contributed by atoms with Crippen molar-refractivity contribution in [3.8, 4) is 0 Å². The van der Waals surface area contributed by atoms with Crippen molar-refractivity contribution in [1.29, 1.82) is 0 Å². The van der Waals surface area contributed by atoms with Gasteiger partial charge in [0.15, 0.2) is 0 Å². The molecule has 1 atom stereocenters. The van der Waals surface area contributed by atoms with Gasteiger partial charge < -0.3 is 14.5 Å². The number of aryl methyl sites for hydroxylation is 2. The van der Waals surface area contributed by atoms with Gasteiger partial charge in [-0.15, -0.1) is 0 Å². The largest absolute Gasteiger partial charge is 0.449 e. The Morgan fingerprint density at radius 2 is 1.67 bits per heavy atom. The second-order valence-corrected chi connectivity index (χ2v) is 13.0. The Bertz CT molecular complexity index is 1460. The zero-order valence-corrected chi connectivity index (χ0v) is 27.0. The van der Waals surface area contributed by atoms with Crippen LogP contribution in [-0.4, -0.2) is 68.2 Å². The summed E-state index contributed by atoms with van der Waals surface area (Å²) in [5.41, 5.74) is 6.13. The molecule has 2 heterocycles. The fourth-order valence-corrected chi connectivity index (χ4v) is 7.13. The average molecular weight is 623 g/mol. The summed E-state index contributed by atoms with van der Waals surface area (Å²) in [6.45, 7) is 10.3. The molecule has 0 bridgehead atoms. The molecule has 0 N–H and O–H groups in total. The van der Waals surface area contributed by atoms with E-state index in [0.717, 1.165) is 61.3 Å². The Morgan fingerprint density at radius 3 is 2.35 bits per heavy atom. The van der Waals surface area contributed by atoms with Crippen LogP contribution in [0.25, 0.3) is 0 Å². The van der Waals surface area contributed by atoms with Gasteiger partial charge in [-0.1, -0.05) is 64.7 Å². The summed E-state index contributed by atoms with van der Waals surface area (Å²) in [7, 11) is 1.88. The highest BCUT2D eigenvalue weighted by Gasteiger charge is 2.46. The van der Waals surface area contributed by atoms with Crippen LogP contribution < -0.4 is 4.90 Å². The Morgan fingerprint density at radius 1 is 0.977 bits per heavy atom. The number of halogens is 2. The number of fused-ring (bicyclic) bond motifs is 2. The smallest absolute Gasteiger partial charge is 0.414 e. The molecule has 0 saturated carbocycles. The van der Waals surface area contributed by atoms with Gasteiger partial charge in [0.25, 0.3) is 5.91 Å². The molecule has 2 aliphatic rings. The maximum atomic E-state index is 13.4. The van der Waals surface area contributed by atoms with Crippen LogP contribution in [0.5, 0.6) is 0 Å². The maximum Gasteiger partial charge on any atom is 0.414 e. The van der Waals surface area contributed by atoms with Crippen LogP contribution in [0.3, 0.4) is 0 Å². The minimum absolute atomic E-state index is 0.0165. The third kappa shape index (κ3) is 6.87. The molecule has 0 radical (unpaired) electrons. The third-order valence-corrected chi connectivity index (χ3v) is 9.79. The van der Waals surface area contributed by atoms with E-state index in [4.69, 9.17) is 27.9 Å². The van der Waals surface area contributed by atoms with Gasteiger partial charge >= 0.3 is 6.09 Å². The van der Waals surface area contributed by atoms with Crippen molar-refractivity contribution in [2.45, 2.75) is 51.4 Å². The number of likely N-dealkylation sites (N-methyl/N-ethyl adjacent to an activating group) is 1. The number of carbonyl (C=O) groups is 2. The van der Waals surface area contributed by atoms with Gasteiger partial charge in [-0.2, -0.15) is 0 Å². The molecule has 6 nitrogen and oxygen atoms in total. The molecule has 43 heavy (non-hydrogen) atoms. The van der Waals surface area contributed by atoms with E-state index in [9.17, 15) is 9.59 Å². The summed E-state index contributed by atoms with van der Waals surface area (Å²) in [5.74, 6) is 0.111. The van der Waals surface area contributed by atoms with Crippen LogP contribution in [0, 0.1) is 13.8 Å². The van der Waals surface area contributed by atoms with Gasteiger partial charge in [0.05, 0.1) is 22.3 Å². The van der Waals surface area contributed by atoms with Crippen LogP contribution >= 0.6 is 23.2 Å². The number of hydrogen-bond donors (Lipinski definition) is 0. The van der Waals surface area contributed by atoms with Crippen molar-refractivity contribution in [3.05, 3.63) is 98.5 Å². The van der Waals surface area contributed by atoms with E-state index in [0.29, 0.717) is 35.3 Å². The molecule has 1 spiro atoms. The Balaban J connectivity index is 1.27. The fraction of sp³-hybridized carbons (Fsp3) is 0.429. The molecular weight excluding hydrogens is 581 g/mol. The molecule has 8 heteroatoms. The summed E-state index contributed by atoms with van der Waals surface area (Å²) >= 11 is 12.7. The Labute approximate surface area is 265 Å². The van der Waals surface area contributed by atoms with E-state index < -0.39 is 0 Å². The molecule has 2 amide bonds. The molecule has 228 valence electrons. The summed E-state index contributed by atoms with van der Waals surface area (Å²) in [5, 5.41) is 1.05. The molecule has 0 aliphatic carbocycles. The predicted octanol–water partition coefficient (Wildman–Crippen LogP) is 7.87. The molecule has 1 fully saturated rings. The molecule has 0 aromatic heterocycles. The number of amides is 2. The molecule has 5 rings (SSSR count). The van der Waals surface area contributed by atoms with Gasteiger partial charge in [0.1, 0.15) is 0 Å². The molecule has 3 aromatic rings. The van der Waals surface area contributed by atoms with Crippen molar-refractivity contribution in [1.82, 2.24) is 9.80 Å². The Kier molecular flexibility index (Phi) is 9.70. The quantitative estimate of drug-likeness (QED) is 0.257. The summed E-state index contributed by atoms with van der Waals surface area (Å²) in [6, 6.07) is 20.1. The highest BCUT2D eigenvalue weighted by atomic mass is 35.5. The lowest BCUT2D eigenvalue weighted by Gasteiger charge is -2.40. The predicted molar refractivity (Wildman–Crippen MR) is 175 cm³/mol. The van der Waals surface area contributed by atoms with Crippen LogP contribution in [0.4, 0.5) is 10.5 Å². The zero-order valence-electron chi connectivity index (χ0n) is 25.5. The third-order valence-electron chi connectivity index (χ3n) is 9.05. The van der Waals surface area contributed by atoms with E-state index in [1.165, 1.54) is 5.56 Å². The average Bonchev–Trinajstić information content (AvgIpc) is 3.30. The van der Waals surface area contributed by atoms with E-state index in [1.54, 1.807) is 0 Å². The fourth-order valence-electron chi connectivity index (χ4n) is 6.83. The number of carbonyl (C=O) groups excluding carboxylic acids is 2. The lowest BCUT2D eigenvalue weighted by atomic mass is 9.74. The molecular formula is C35H41Cl2N3O3. The maximum absolute atomic E-state index is 13.4. The number of anilines is 1. The normalized spacial score (nSPS) is 16.7. The van der Waals surface area contributed by atoms with Gasteiger partial charge in [-0.05, 0) is 101 Å². The second-order valence-electron chi connectivity index (χ2n) is 12.1.